The zero-order valence-electron chi connectivity index (χ0n) is 14.0. The minimum atomic E-state index is -0.709. The molecular formula is C19H23NO3. The summed E-state index contributed by atoms with van der Waals surface area (Å²) in [5.41, 5.74) is 2.56. The Balaban J connectivity index is 0.000000924. The van der Waals surface area contributed by atoms with Crippen LogP contribution in [0.4, 0.5) is 0 Å². The van der Waals surface area contributed by atoms with Crippen molar-refractivity contribution in [2.24, 2.45) is 0 Å². The first kappa shape index (κ1) is 17.2. The summed E-state index contributed by atoms with van der Waals surface area (Å²) in [6.45, 7) is 14.6. The number of ether oxygens (including phenoxy) is 2. The number of benzene rings is 1. The van der Waals surface area contributed by atoms with Crippen LogP contribution in [0.25, 0.3) is 16.5 Å². The number of hydrogen-bond donors (Lipinski definition) is 0. The highest BCUT2D eigenvalue weighted by atomic mass is 16.7. The highest BCUT2D eigenvalue weighted by Gasteiger charge is 2.33. The summed E-state index contributed by atoms with van der Waals surface area (Å²) in [4.78, 5) is 0. The van der Waals surface area contributed by atoms with Crippen LogP contribution in [0.5, 0.6) is 0 Å². The summed E-state index contributed by atoms with van der Waals surface area (Å²) < 4.78 is 16.9. The zero-order valence-corrected chi connectivity index (χ0v) is 14.0. The van der Waals surface area contributed by atoms with E-state index in [1.807, 2.05) is 45.0 Å². The third-order valence-electron chi connectivity index (χ3n) is 3.62. The second-order valence-electron chi connectivity index (χ2n) is 4.95. The predicted octanol–water partition coefficient (Wildman–Crippen LogP) is 4.83. The van der Waals surface area contributed by atoms with E-state index in [0.29, 0.717) is 19.0 Å². The molecule has 1 aliphatic rings. The number of allylic oxidation sites excluding steroid dienone is 4. The molecule has 23 heavy (non-hydrogen) atoms. The molecule has 0 unspecified atom stereocenters. The van der Waals surface area contributed by atoms with Gasteiger partial charge in [0.15, 0.2) is 11.5 Å². The molecular weight excluding hydrogens is 290 g/mol. The number of rotatable bonds is 4. The third-order valence-corrected chi connectivity index (χ3v) is 3.62. The first-order valence-corrected chi connectivity index (χ1v) is 7.81. The Labute approximate surface area is 137 Å². The number of fused-ring (bicyclic) bond motifs is 1. The molecule has 1 aliphatic heterocycles. The van der Waals surface area contributed by atoms with Gasteiger partial charge in [0.2, 0.25) is 0 Å². The van der Waals surface area contributed by atoms with Gasteiger partial charge in [-0.05, 0) is 19.1 Å². The van der Waals surface area contributed by atoms with Gasteiger partial charge in [-0.1, -0.05) is 56.5 Å². The van der Waals surface area contributed by atoms with E-state index in [9.17, 15) is 0 Å². The van der Waals surface area contributed by atoms with Gasteiger partial charge in [0.05, 0.1) is 18.6 Å². The van der Waals surface area contributed by atoms with Crippen LogP contribution in [0.2, 0.25) is 0 Å². The maximum Gasteiger partial charge on any atom is 0.192 e. The summed E-state index contributed by atoms with van der Waals surface area (Å²) >= 11 is 0. The van der Waals surface area contributed by atoms with Crippen LogP contribution < -0.4 is 0 Å². The summed E-state index contributed by atoms with van der Waals surface area (Å²) in [7, 11) is 0. The van der Waals surface area contributed by atoms with E-state index < -0.39 is 5.79 Å². The van der Waals surface area contributed by atoms with Gasteiger partial charge in [-0.3, -0.25) is 0 Å². The van der Waals surface area contributed by atoms with Crippen molar-refractivity contribution in [1.82, 2.24) is 5.16 Å². The van der Waals surface area contributed by atoms with Gasteiger partial charge in [0.1, 0.15) is 5.52 Å². The van der Waals surface area contributed by atoms with Crippen LogP contribution >= 0.6 is 0 Å². The van der Waals surface area contributed by atoms with Crippen molar-refractivity contribution in [1.29, 1.82) is 0 Å². The van der Waals surface area contributed by atoms with Crippen LogP contribution in [0, 0.1) is 0 Å². The topological polar surface area (TPSA) is 44.5 Å². The van der Waals surface area contributed by atoms with Gasteiger partial charge in [-0.2, -0.15) is 0 Å². The van der Waals surface area contributed by atoms with Crippen molar-refractivity contribution in [3.05, 3.63) is 60.9 Å². The van der Waals surface area contributed by atoms with Crippen molar-refractivity contribution >= 4 is 16.5 Å². The van der Waals surface area contributed by atoms with Crippen LogP contribution in [-0.4, -0.2) is 18.4 Å². The fourth-order valence-electron chi connectivity index (χ4n) is 2.48. The molecule has 122 valence electrons. The van der Waals surface area contributed by atoms with E-state index in [0.717, 1.165) is 22.0 Å². The van der Waals surface area contributed by atoms with Crippen molar-refractivity contribution in [2.75, 3.05) is 13.2 Å². The summed E-state index contributed by atoms with van der Waals surface area (Å²) in [6.07, 6.45) is 5.25. The maximum atomic E-state index is 5.70. The van der Waals surface area contributed by atoms with Crippen molar-refractivity contribution in [2.45, 2.75) is 26.6 Å². The molecule has 1 fully saturated rings. The normalized spacial score (nSPS) is 16.7. The van der Waals surface area contributed by atoms with Gasteiger partial charge in [-0.15, -0.1) is 0 Å². The molecule has 4 heteroatoms. The highest BCUT2D eigenvalue weighted by Crippen LogP contribution is 2.34. The SMILES string of the molecule is C=C/C=C(\C=C)c1onc2ccc(C3(C)OCCO3)cc12.CC. The van der Waals surface area contributed by atoms with Crippen LogP contribution in [-0.2, 0) is 15.3 Å². The molecule has 3 rings (SSSR count). The van der Waals surface area contributed by atoms with E-state index in [4.69, 9.17) is 14.0 Å². The summed E-state index contributed by atoms with van der Waals surface area (Å²) in [5, 5.41) is 4.98. The molecule has 0 radical (unpaired) electrons. The molecule has 1 aromatic heterocycles. The first-order valence-electron chi connectivity index (χ1n) is 7.81. The highest BCUT2D eigenvalue weighted by molar-refractivity contribution is 5.92. The van der Waals surface area contributed by atoms with Gasteiger partial charge in [-0.25, -0.2) is 0 Å². The van der Waals surface area contributed by atoms with Gasteiger partial charge >= 0.3 is 0 Å². The zero-order chi connectivity index (χ0) is 16.9. The molecule has 0 atom stereocenters. The predicted molar refractivity (Wildman–Crippen MR) is 93.0 cm³/mol. The van der Waals surface area contributed by atoms with Crippen LogP contribution in [0.1, 0.15) is 32.1 Å². The largest absolute Gasteiger partial charge is 0.355 e. The molecule has 2 aromatic rings. The van der Waals surface area contributed by atoms with E-state index in [1.54, 1.807) is 12.2 Å². The van der Waals surface area contributed by atoms with Gasteiger partial charge < -0.3 is 14.0 Å². The van der Waals surface area contributed by atoms with E-state index >= 15 is 0 Å². The minimum Gasteiger partial charge on any atom is -0.355 e. The third kappa shape index (κ3) is 3.28. The molecule has 0 aliphatic carbocycles. The molecule has 1 saturated heterocycles. The second kappa shape index (κ2) is 7.40. The quantitative estimate of drug-likeness (QED) is 0.758. The lowest BCUT2D eigenvalue weighted by atomic mass is 10.0. The Kier molecular flexibility index (Phi) is 5.53. The Morgan fingerprint density at radius 3 is 2.52 bits per heavy atom. The first-order chi connectivity index (χ1) is 11.2. The molecule has 0 spiro atoms. The fraction of sp³-hybridized carbons (Fsp3) is 0.316. The minimum absolute atomic E-state index is 0.597. The molecule has 0 N–H and O–H groups in total. The Morgan fingerprint density at radius 2 is 1.91 bits per heavy atom. The Bertz CT molecular complexity index is 721. The Hall–Kier alpha value is -2.17. The second-order valence-corrected chi connectivity index (χ2v) is 4.95. The Morgan fingerprint density at radius 1 is 1.22 bits per heavy atom. The van der Waals surface area contributed by atoms with E-state index in [1.165, 1.54) is 0 Å². The molecule has 0 bridgehead atoms. The van der Waals surface area contributed by atoms with Gasteiger partial charge in [0, 0.05) is 11.1 Å². The van der Waals surface area contributed by atoms with Crippen LogP contribution in [0.15, 0.2) is 54.1 Å². The lowest BCUT2D eigenvalue weighted by molar-refractivity contribution is -0.149. The van der Waals surface area contributed by atoms with Gasteiger partial charge in [0.25, 0.3) is 0 Å². The average molecular weight is 313 g/mol. The van der Waals surface area contributed by atoms with E-state index in [-0.39, 0.29) is 0 Å². The van der Waals surface area contributed by atoms with Crippen LogP contribution in [0.3, 0.4) is 0 Å². The van der Waals surface area contributed by atoms with Crippen molar-refractivity contribution in [3.8, 4) is 0 Å². The monoisotopic (exact) mass is 313 g/mol. The van der Waals surface area contributed by atoms with Crippen molar-refractivity contribution in [3.63, 3.8) is 0 Å². The number of nitrogens with zero attached hydrogens (tertiary/aromatic N) is 1. The molecule has 0 saturated carbocycles. The molecule has 2 heterocycles. The maximum absolute atomic E-state index is 5.70. The average Bonchev–Trinajstić information content (AvgIpc) is 3.21. The van der Waals surface area contributed by atoms with Crippen molar-refractivity contribution < 1.29 is 14.0 Å². The summed E-state index contributed by atoms with van der Waals surface area (Å²) in [5.74, 6) is -0.0393. The lowest BCUT2D eigenvalue weighted by Crippen LogP contribution is -2.22. The fourth-order valence-corrected chi connectivity index (χ4v) is 2.48. The molecule has 4 nitrogen and oxygen atoms in total. The standard InChI is InChI=1S/C17H17NO3.C2H6/c1-4-6-12(5-2)16-14-11-13(7-8-15(14)18-21-16)17(3)19-9-10-20-17;1-2/h4-8,11H,1-2,9-10H2,3H3;1-2H3/b12-6+;. The lowest BCUT2D eigenvalue weighted by Gasteiger charge is -2.22. The number of aromatic nitrogens is 1. The number of hydrogen-bond acceptors (Lipinski definition) is 4. The van der Waals surface area contributed by atoms with E-state index in [2.05, 4.69) is 18.3 Å². The molecule has 1 aromatic carbocycles. The summed E-state index contributed by atoms with van der Waals surface area (Å²) in [6, 6.07) is 5.85. The molecule has 0 amide bonds. The smallest absolute Gasteiger partial charge is 0.192 e.